The van der Waals surface area contributed by atoms with Gasteiger partial charge in [0.25, 0.3) is 0 Å². The summed E-state index contributed by atoms with van der Waals surface area (Å²) in [7, 11) is 0. The minimum Gasteiger partial charge on any atom is -0.326 e. The number of nitrogens with zero attached hydrogens (tertiary/aromatic N) is 2. The molecule has 0 aromatic heterocycles. The number of hydrogen-bond donors (Lipinski definition) is 2. The zero-order valence-electron chi connectivity index (χ0n) is 12.9. The van der Waals surface area contributed by atoms with E-state index in [4.69, 9.17) is 0 Å². The first-order valence-corrected chi connectivity index (χ1v) is 7.71. The van der Waals surface area contributed by atoms with Gasteiger partial charge in [0.2, 0.25) is 5.91 Å². The number of benzene rings is 2. The van der Waals surface area contributed by atoms with Crippen molar-refractivity contribution in [2.24, 2.45) is 0 Å². The normalized spacial score (nSPS) is 15.8. The molecule has 0 saturated heterocycles. The van der Waals surface area contributed by atoms with Crippen molar-refractivity contribution in [2.45, 2.75) is 13.3 Å². The molecule has 2 aromatic rings. The quantitative estimate of drug-likeness (QED) is 0.895. The van der Waals surface area contributed by atoms with Gasteiger partial charge in [-0.25, -0.2) is 0 Å². The van der Waals surface area contributed by atoms with Crippen LogP contribution in [0.25, 0.3) is 5.70 Å². The van der Waals surface area contributed by atoms with Crippen LogP contribution in [0, 0.1) is 0 Å². The van der Waals surface area contributed by atoms with Crippen LogP contribution in [0.4, 0.5) is 11.4 Å². The van der Waals surface area contributed by atoms with E-state index in [0.29, 0.717) is 0 Å². The van der Waals surface area contributed by atoms with Crippen molar-refractivity contribution in [3.05, 3.63) is 65.9 Å². The molecule has 0 unspecified atom stereocenters. The molecule has 116 valence electrons. The van der Waals surface area contributed by atoms with Gasteiger partial charge >= 0.3 is 0 Å². The molecule has 0 fully saturated rings. The summed E-state index contributed by atoms with van der Waals surface area (Å²) in [6, 6.07) is 16.3. The molecule has 2 aliphatic heterocycles. The molecule has 0 spiro atoms. The van der Waals surface area contributed by atoms with Crippen molar-refractivity contribution in [3.63, 3.8) is 0 Å². The first kappa shape index (κ1) is 13.8. The van der Waals surface area contributed by atoms with Gasteiger partial charge in [-0.05, 0) is 30.2 Å². The largest absolute Gasteiger partial charge is 0.326 e. The summed E-state index contributed by atoms with van der Waals surface area (Å²) in [6.45, 7) is 2.45. The Kier molecular flexibility index (Phi) is 3.28. The third-order valence-corrected chi connectivity index (χ3v) is 4.11. The van der Waals surface area contributed by atoms with Crippen LogP contribution in [-0.2, 0) is 11.2 Å². The molecule has 23 heavy (non-hydrogen) atoms. The second kappa shape index (κ2) is 5.44. The van der Waals surface area contributed by atoms with E-state index in [1.54, 1.807) is 0 Å². The zero-order chi connectivity index (χ0) is 15.8. The molecule has 0 saturated carbocycles. The van der Waals surface area contributed by atoms with E-state index in [0.717, 1.165) is 24.3 Å². The van der Waals surface area contributed by atoms with E-state index in [9.17, 15) is 4.79 Å². The number of hydrazine groups is 2. The van der Waals surface area contributed by atoms with Gasteiger partial charge in [-0.15, -0.1) is 5.53 Å². The minimum atomic E-state index is -0.0683. The molecule has 0 bridgehead atoms. The molecule has 2 aliphatic rings. The number of nitrogens with one attached hydrogen (secondary N) is 2. The third-order valence-electron chi connectivity index (χ3n) is 4.11. The second-order valence-electron chi connectivity index (χ2n) is 5.77. The van der Waals surface area contributed by atoms with Gasteiger partial charge in [-0.3, -0.25) is 14.8 Å². The highest BCUT2D eigenvalue weighted by Gasteiger charge is 2.27. The smallest absolute Gasteiger partial charge is 0.221 e. The maximum absolute atomic E-state index is 11.2. The zero-order valence-corrected chi connectivity index (χ0v) is 12.9. The van der Waals surface area contributed by atoms with Gasteiger partial charge in [-0.2, -0.15) is 0 Å². The lowest BCUT2D eigenvalue weighted by atomic mass is 9.98. The van der Waals surface area contributed by atoms with Gasteiger partial charge in [-0.1, -0.05) is 30.3 Å². The Bertz CT molecular complexity index is 799. The van der Waals surface area contributed by atoms with Crippen molar-refractivity contribution in [1.82, 2.24) is 10.5 Å². The Morgan fingerprint density at radius 2 is 2.04 bits per heavy atom. The summed E-state index contributed by atoms with van der Waals surface area (Å²) in [4.78, 5) is 11.2. The predicted octanol–water partition coefficient (Wildman–Crippen LogP) is 2.74. The molecule has 0 radical (unpaired) electrons. The highest BCUT2D eigenvalue weighted by Crippen LogP contribution is 2.32. The molecule has 2 N–H and O–H groups in total. The van der Waals surface area contributed by atoms with Crippen molar-refractivity contribution in [3.8, 4) is 0 Å². The summed E-state index contributed by atoms with van der Waals surface area (Å²) in [5, 5.41) is 6.97. The number of carbonyl (C=O) groups is 1. The molecule has 0 aliphatic carbocycles. The van der Waals surface area contributed by atoms with Gasteiger partial charge in [0, 0.05) is 30.9 Å². The Hall–Kier alpha value is -2.79. The third kappa shape index (κ3) is 2.55. The number of anilines is 2. The SMILES string of the molecule is CC(=O)Nc1cccc(N2C=C3c4ccccc4CCN3N2)c1. The first-order valence-electron chi connectivity index (χ1n) is 7.71. The van der Waals surface area contributed by atoms with Crippen molar-refractivity contribution in [1.29, 1.82) is 0 Å². The van der Waals surface area contributed by atoms with Crippen LogP contribution >= 0.6 is 0 Å². The Labute approximate surface area is 135 Å². The lowest BCUT2D eigenvalue weighted by Crippen LogP contribution is -2.42. The Morgan fingerprint density at radius 3 is 2.91 bits per heavy atom. The highest BCUT2D eigenvalue weighted by atomic mass is 16.1. The van der Waals surface area contributed by atoms with E-state index in [1.807, 2.05) is 29.3 Å². The topological polar surface area (TPSA) is 47.6 Å². The fraction of sp³-hybridized carbons (Fsp3) is 0.167. The number of fused-ring (bicyclic) bond motifs is 3. The fourth-order valence-electron chi connectivity index (χ4n) is 3.08. The average molecular weight is 306 g/mol. The van der Waals surface area contributed by atoms with Crippen LogP contribution in [0.2, 0.25) is 0 Å². The first-order chi connectivity index (χ1) is 11.2. The lowest BCUT2D eigenvalue weighted by molar-refractivity contribution is -0.114. The molecule has 0 atom stereocenters. The van der Waals surface area contributed by atoms with Gasteiger partial charge in [0.05, 0.1) is 11.4 Å². The Balaban J connectivity index is 1.66. The van der Waals surface area contributed by atoms with E-state index in [1.165, 1.54) is 23.7 Å². The standard InChI is InChI=1S/C18H18N4O/c1-13(23)19-15-6-4-7-16(11-15)22-12-18-17-8-3-2-5-14(17)9-10-21(18)20-22/h2-8,11-12,20H,9-10H2,1H3,(H,19,23). The summed E-state index contributed by atoms with van der Waals surface area (Å²) in [5.41, 5.74) is 8.99. The van der Waals surface area contributed by atoms with E-state index in [-0.39, 0.29) is 5.91 Å². The molecule has 5 nitrogen and oxygen atoms in total. The lowest BCUT2D eigenvalue weighted by Gasteiger charge is -2.29. The van der Waals surface area contributed by atoms with Gasteiger partial charge in [0.1, 0.15) is 0 Å². The highest BCUT2D eigenvalue weighted by molar-refractivity contribution is 5.89. The van der Waals surface area contributed by atoms with Crippen LogP contribution < -0.4 is 15.9 Å². The van der Waals surface area contributed by atoms with Crippen LogP contribution in [0.15, 0.2) is 54.7 Å². The molecular formula is C18H18N4O. The summed E-state index contributed by atoms with van der Waals surface area (Å²) < 4.78 is 0. The van der Waals surface area contributed by atoms with Crippen molar-refractivity contribution < 1.29 is 4.79 Å². The van der Waals surface area contributed by atoms with Crippen LogP contribution in [0.3, 0.4) is 0 Å². The number of amides is 1. The molecule has 5 heteroatoms. The molecular weight excluding hydrogens is 288 g/mol. The molecule has 1 amide bonds. The summed E-state index contributed by atoms with van der Waals surface area (Å²) in [6.07, 6.45) is 3.13. The molecule has 2 heterocycles. The van der Waals surface area contributed by atoms with E-state index in [2.05, 4.69) is 46.3 Å². The summed E-state index contributed by atoms with van der Waals surface area (Å²) in [5.74, 6) is -0.0683. The Morgan fingerprint density at radius 1 is 1.17 bits per heavy atom. The number of carbonyl (C=O) groups excluding carboxylic acids is 1. The average Bonchev–Trinajstić information content (AvgIpc) is 2.99. The van der Waals surface area contributed by atoms with Crippen molar-refractivity contribution >= 4 is 23.0 Å². The molecule has 2 aromatic carbocycles. The van der Waals surface area contributed by atoms with Crippen LogP contribution in [0.5, 0.6) is 0 Å². The maximum atomic E-state index is 11.2. The number of rotatable bonds is 2. The fourth-order valence-corrected chi connectivity index (χ4v) is 3.08. The van der Waals surface area contributed by atoms with E-state index < -0.39 is 0 Å². The van der Waals surface area contributed by atoms with Crippen LogP contribution in [0.1, 0.15) is 18.1 Å². The maximum Gasteiger partial charge on any atom is 0.221 e. The van der Waals surface area contributed by atoms with Gasteiger partial charge < -0.3 is 5.32 Å². The van der Waals surface area contributed by atoms with Crippen molar-refractivity contribution in [2.75, 3.05) is 16.9 Å². The van der Waals surface area contributed by atoms with Gasteiger partial charge in [0.15, 0.2) is 0 Å². The minimum absolute atomic E-state index is 0.0683. The monoisotopic (exact) mass is 306 g/mol. The molecule has 4 rings (SSSR count). The second-order valence-corrected chi connectivity index (χ2v) is 5.77. The predicted molar refractivity (Wildman–Crippen MR) is 91.2 cm³/mol. The summed E-state index contributed by atoms with van der Waals surface area (Å²) >= 11 is 0. The van der Waals surface area contributed by atoms with E-state index >= 15 is 0 Å². The van der Waals surface area contributed by atoms with Crippen LogP contribution in [-0.4, -0.2) is 17.5 Å². The number of hydrogen-bond acceptors (Lipinski definition) is 4.